The molecule has 0 saturated heterocycles. The number of hydrogen-bond donors (Lipinski definition) is 1. The summed E-state index contributed by atoms with van der Waals surface area (Å²) in [7, 11) is 0. The van der Waals surface area contributed by atoms with Crippen LogP contribution in [0.25, 0.3) is 0 Å². The number of rotatable bonds is 4. The number of hydrogen-bond acceptors (Lipinski definition) is 2. The molecule has 0 aliphatic heterocycles. The molecule has 1 N–H and O–H groups in total. The average molecular weight is 312 g/mol. The highest BCUT2D eigenvalue weighted by Crippen LogP contribution is 2.44. The zero-order valence-corrected chi connectivity index (χ0v) is 14.7. The lowest BCUT2D eigenvalue weighted by Crippen LogP contribution is -2.39. The van der Waals surface area contributed by atoms with Gasteiger partial charge in [0.2, 0.25) is 5.91 Å². The van der Waals surface area contributed by atoms with Crippen molar-refractivity contribution in [2.24, 2.45) is 23.2 Å². The first-order valence-corrected chi connectivity index (χ1v) is 8.59. The molecule has 3 heteroatoms. The van der Waals surface area contributed by atoms with Gasteiger partial charge in [-0.3, -0.25) is 4.79 Å². The van der Waals surface area contributed by atoms with Crippen LogP contribution < -0.4 is 5.32 Å². The number of benzene rings is 1. The van der Waals surface area contributed by atoms with Crippen LogP contribution in [-0.4, -0.2) is 5.91 Å². The summed E-state index contributed by atoms with van der Waals surface area (Å²) >= 11 is 0. The van der Waals surface area contributed by atoms with E-state index in [1.807, 2.05) is 24.3 Å². The molecule has 1 amide bonds. The van der Waals surface area contributed by atoms with Gasteiger partial charge in [-0.2, -0.15) is 5.26 Å². The van der Waals surface area contributed by atoms with Crippen LogP contribution in [0, 0.1) is 34.5 Å². The van der Waals surface area contributed by atoms with Crippen molar-refractivity contribution in [1.29, 1.82) is 5.26 Å². The van der Waals surface area contributed by atoms with Crippen molar-refractivity contribution in [2.75, 3.05) is 5.32 Å². The fourth-order valence-corrected chi connectivity index (χ4v) is 3.72. The highest BCUT2D eigenvalue weighted by atomic mass is 16.1. The van der Waals surface area contributed by atoms with E-state index in [4.69, 9.17) is 5.26 Å². The highest BCUT2D eigenvalue weighted by molar-refractivity contribution is 5.92. The fraction of sp³-hybridized carbons (Fsp3) is 0.600. The molecule has 1 saturated carbocycles. The summed E-state index contributed by atoms with van der Waals surface area (Å²) in [6, 6.07) is 9.73. The lowest BCUT2D eigenvalue weighted by Gasteiger charge is -2.41. The summed E-state index contributed by atoms with van der Waals surface area (Å²) < 4.78 is 0. The third kappa shape index (κ3) is 4.58. The second kappa shape index (κ2) is 7.17. The lowest BCUT2D eigenvalue weighted by atomic mass is 9.64. The molecule has 1 fully saturated rings. The molecule has 23 heavy (non-hydrogen) atoms. The minimum absolute atomic E-state index is 0.0811. The van der Waals surface area contributed by atoms with E-state index in [-0.39, 0.29) is 17.2 Å². The Bertz CT molecular complexity index is 581. The smallest absolute Gasteiger partial charge is 0.227 e. The van der Waals surface area contributed by atoms with Crippen LogP contribution in [0.15, 0.2) is 24.3 Å². The molecule has 0 bridgehead atoms. The van der Waals surface area contributed by atoms with Crippen molar-refractivity contribution in [2.45, 2.75) is 53.4 Å². The summed E-state index contributed by atoms with van der Waals surface area (Å²) in [5.41, 5.74) is 2.04. The molecule has 2 atom stereocenters. The van der Waals surface area contributed by atoms with Crippen molar-refractivity contribution >= 4 is 11.6 Å². The minimum atomic E-state index is 0.0811. The molecule has 0 aromatic heterocycles. The van der Waals surface area contributed by atoms with E-state index in [0.29, 0.717) is 18.3 Å². The summed E-state index contributed by atoms with van der Waals surface area (Å²) in [5.74, 6) is 1.21. The van der Waals surface area contributed by atoms with Gasteiger partial charge < -0.3 is 5.32 Å². The molecule has 0 spiro atoms. The second-order valence-corrected chi connectivity index (χ2v) is 7.94. The van der Waals surface area contributed by atoms with Gasteiger partial charge in [-0.05, 0) is 54.2 Å². The zero-order valence-electron chi connectivity index (χ0n) is 14.7. The van der Waals surface area contributed by atoms with Crippen LogP contribution in [0.4, 0.5) is 5.69 Å². The van der Waals surface area contributed by atoms with Gasteiger partial charge in [0.25, 0.3) is 0 Å². The maximum Gasteiger partial charge on any atom is 0.227 e. The largest absolute Gasteiger partial charge is 0.326 e. The number of nitrogens with one attached hydrogen (secondary N) is 1. The molecule has 1 aliphatic rings. The maximum absolute atomic E-state index is 12.8. The molecule has 1 aromatic rings. The normalized spacial score (nSPS) is 23.3. The van der Waals surface area contributed by atoms with E-state index in [0.717, 1.165) is 24.1 Å². The Balaban J connectivity index is 2.09. The topological polar surface area (TPSA) is 52.9 Å². The summed E-state index contributed by atoms with van der Waals surface area (Å²) in [6.45, 7) is 8.97. The van der Waals surface area contributed by atoms with Crippen molar-refractivity contribution in [3.8, 4) is 6.07 Å². The van der Waals surface area contributed by atoms with Crippen molar-refractivity contribution in [3.63, 3.8) is 0 Å². The first-order valence-electron chi connectivity index (χ1n) is 8.59. The third-order valence-electron chi connectivity index (χ3n) is 5.14. The molecule has 124 valence electrons. The van der Waals surface area contributed by atoms with Gasteiger partial charge >= 0.3 is 0 Å². The summed E-state index contributed by atoms with van der Waals surface area (Å²) in [6.07, 6.45) is 3.68. The van der Waals surface area contributed by atoms with Crippen LogP contribution >= 0.6 is 0 Å². The number of nitrogens with zero attached hydrogens (tertiary/aromatic N) is 1. The molecule has 0 radical (unpaired) electrons. The third-order valence-corrected chi connectivity index (χ3v) is 5.14. The standard InChI is InChI=1S/C20H28N2O/c1-14(2)17-9-11-20(3,4)13-18(17)19(23)22-16-7-5-15(6-8-16)10-12-21/h5-8,14,17-18H,9-11,13H2,1-4H3,(H,22,23). The predicted octanol–water partition coefficient (Wildman–Crippen LogP) is 4.79. The van der Waals surface area contributed by atoms with Gasteiger partial charge in [-0.1, -0.05) is 39.8 Å². The predicted molar refractivity (Wildman–Crippen MR) is 93.8 cm³/mol. The van der Waals surface area contributed by atoms with Crippen molar-refractivity contribution in [3.05, 3.63) is 29.8 Å². The van der Waals surface area contributed by atoms with E-state index in [9.17, 15) is 4.79 Å². The Morgan fingerprint density at radius 1 is 1.35 bits per heavy atom. The van der Waals surface area contributed by atoms with E-state index < -0.39 is 0 Å². The molecule has 1 aliphatic carbocycles. The highest BCUT2D eigenvalue weighted by Gasteiger charge is 2.39. The van der Waals surface area contributed by atoms with Crippen LogP contribution in [0.2, 0.25) is 0 Å². The molecular weight excluding hydrogens is 284 g/mol. The minimum Gasteiger partial charge on any atom is -0.326 e. The SMILES string of the molecule is CC(C)C1CCC(C)(C)CC1C(=O)Nc1ccc(CC#N)cc1. The zero-order chi connectivity index (χ0) is 17.0. The van der Waals surface area contributed by atoms with Crippen molar-refractivity contribution < 1.29 is 4.79 Å². The second-order valence-electron chi connectivity index (χ2n) is 7.94. The van der Waals surface area contributed by atoms with Crippen LogP contribution in [0.5, 0.6) is 0 Å². The fourth-order valence-electron chi connectivity index (χ4n) is 3.72. The van der Waals surface area contributed by atoms with E-state index >= 15 is 0 Å². The van der Waals surface area contributed by atoms with E-state index in [1.54, 1.807) is 0 Å². The molecule has 3 nitrogen and oxygen atoms in total. The number of nitriles is 1. The molecule has 2 unspecified atom stereocenters. The van der Waals surface area contributed by atoms with Gasteiger partial charge in [0.05, 0.1) is 12.5 Å². The first kappa shape index (κ1) is 17.5. The Labute approximate surface area is 140 Å². The van der Waals surface area contributed by atoms with Gasteiger partial charge in [-0.25, -0.2) is 0 Å². The number of amides is 1. The van der Waals surface area contributed by atoms with E-state index in [2.05, 4.69) is 39.1 Å². The Kier molecular flexibility index (Phi) is 5.46. The first-order chi connectivity index (χ1) is 10.8. The van der Waals surface area contributed by atoms with Gasteiger partial charge in [-0.15, -0.1) is 0 Å². The lowest BCUT2D eigenvalue weighted by molar-refractivity contribution is -0.125. The van der Waals surface area contributed by atoms with Crippen LogP contribution in [0.1, 0.15) is 52.5 Å². The Morgan fingerprint density at radius 3 is 2.57 bits per heavy atom. The maximum atomic E-state index is 12.8. The summed E-state index contributed by atoms with van der Waals surface area (Å²) in [4.78, 5) is 12.8. The van der Waals surface area contributed by atoms with Crippen LogP contribution in [-0.2, 0) is 11.2 Å². The van der Waals surface area contributed by atoms with Gasteiger partial charge in [0, 0.05) is 11.6 Å². The molecule has 2 rings (SSSR count). The van der Waals surface area contributed by atoms with E-state index in [1.165, 1.54) is 6.42 Å². The van der Waals surface area contributed by atoms with Gasteiger partial charge in [0.1, 0.15) is 0 Å². The summed E-state index contributed by atoms with van der Waals surface area (Å²) in [5, 5.41) is 11.8. The van der Waals surface area contributed by atoms with Gasteiger partial charge in [0.15, 0.2) is 0 Å². The Morgan fingerprint density at radius 2 is 2.00 bits per heavy atom. The molecule has 1 aromatic carbocycles. The quantitative estimate of drug-likeness (QED) is 0.869. The molecular formula is C20H28N2O. The van der Waals surface area contributed by atoms with Crippen molar-refractivity contribution in [1.82, 2.24) is 0 Å². The molecule has 0 heterocycles. The number of carbonyl (C=O) groups excluding carboxylic acids is 1. The number of anilines is 1. The Hall–Kier alpha value is -1.82. The van der Waals surface area contributed by atoms with Crippen LogP contribution in [0.3, 0.4) is 0 Å². The average Bonchev–Trinajstić information content (AvgIpc) is 2.48. The monoisotopic (exact) mass is 312 g/mol. The number of carbonyl (C=O) groups is 1.